The average molecular weight is 577 g/mol. The zero-order valence-corrected chi connectivity index (χ0v) is 23.6. The van der Waals surface area contributed by atoms with E-state index >= 15 is 0 Å². The summed E-state index contributed by atoms with van der Waals surface area (Å²) in [7, 11) is -3.88. The molecular formula is C28H28N6O4S2. The molecule has 3 aromatic carbocycles. The fourth-order valence-corrected chi connectivity index (χ4v) is 5.90. The first-order valence-corrected chi connectivity index (χ1v) is 14.9. The zero-order valence-electron chi connectivity index (χ0n) is 21.9. The molecule has 0 radical (unpaired) electrons. The van der Waals surface area contributed by atoms with Gasteiger partial charge in [-0.15, -0.1) is 16.4 Å². The minimum atomic E-state index is -3.88. The molecule has 0 aliphatic heterocycles. The maximum absolute atomic E-state index is 13.4. The van der Waals surface area contributed by atoms with Crippen molar-refractivity contribution in [2.24, 2.45) is 5.14 Å². The summed E-state index contributed by atoms with van der Waals surface area (Å²) >= 11 is 0.976. The first-order valence-electron chi connectivity index (χ1n) is 12.5. The number of ether oxygens (including phenoxy) is 1. The van der Waals surface area contributed by atoms with Crippen molar-refractivity contribution in [1.29, 1.82) is 0 Å². The number of nitrogens with two attached hydrogens (primary N) is 1. The van der Waals surface area contributed by atoms with Gasteiger partial charge in [-0.3, -0.25) is 4.79 Å². The number of fused-ring (bicyclic) bond motifs is 1. The third kappa shape index (κ3) is 6.53. The number of sulfonamides is 1. The fourth-order valence-electron chi connectivity index (χ4n) is 4.22. The van der Waals surface area contributed by atoms with Gasteiger partial charge in [-0.05, 0) is 48.7 Å². The number of thiazole rings is 1. The molecule has 5 aromatic rings. The first kappa shape index (κ1) is 27.4. The highest BCUT2D eigenvalue weighted by Gasteiger charge is 2.23. The Morgan fingerprint density at radius 2 is 1.90 bits per heavy atom. The Hall–Kier alpha value is -4.13. The van der Waals surface area contributed by atoms with Gasteiger partial charge in [0.15, 0.2) is 0 Å². The number of amides is 1. The lowest BCUT2D eigenvalue weighted by Gasteiger charge is -2.18. The molecule has 0 saturated carbocycles. The molecule has 206 valence electrons. The van der Waals surface area contributed by atoms with Crippen LogP contribution in [-0.2, 0) is 34.4 Å². The molecule has 12 heteroatoms. The molecule has 40 heavy (non-hydrogen) atoms. The third-order valence-electron chi connectivity index (χ3n) is 6.38. The van der Waals surface area contributed by atoms with E-state index in [0.29, 0.717) is 34.6 Å². The molecule has 0 aliphatic carbocycles. The highest BCUT2D eigenvalue weighted by molar-refractivity contribution is 7.91. The van der Waals surface area contributed by atoms with Crippen molar-refractivity contribution < 1.29 is 17.9 Å². The van der Waals surface area contributed by atoms with Crippen LogP contribution in [0.2, 0.25) is 0 Å². The Morgan fingerprint density at radius 1 is 1.10 bits per heavy atom. The van der Waals surface area contributed by atoms with E-state index in [0.717, 1.165) is 33.6 Å². The molecule has 5 rings (SSSR count). The Bertz CT molecular complexity index is 1770. The molecule has 0 fully saturated rings. The number of aromatic nitrogens is 4. The van der Waals surface area contributed by atoms with Gasteiger partial charge in [-0.25, -0.2) is 23.2 Å². The van der Waals surface area contributed by atoms with Crippen LogP contribution in [0.5, 0.6) is 5.75 Å². The monoisotopic (exact) mass is 576 g/mol. The summed E-state index contributed by atoms with van der Waals surface area (Å²) < 4.78 is 31.1. The van der Waals surface area contributed by atoms with Crippen molar-refractivity contribution >= 4 is 37.5 Å². The smallest absolute Gasteiger partial charge is 0.265 e. The fraction of sp³-hybridized carbons (Fsp3) is 0.214. The van der Waals surface area contributed by atoms with Crippen molar-refractivity contribution in [3.8, 4) is 5.75 Å². The number of nitrogens with one attached hydrogen (secondary N) is 1. The maximum atomic E-state index is 13.4. The number of carbonyl (C=O) groups is 1. The van der Waals surface area contributed by atoms with Crippen LogP contribution in [0.1, 0.15) is 34.0 Å². The van der Waals surface area contributed by atoms with Gasteiger partial charge < -0.3 is 10.1 Å². The topological polar surface area (TPSA) is 142 Å². The molecule has 2 heterocycles. The zero-order chi connectivity index (χ0) is 28.3. The van der Waals surface area contributed by atoms with E-state index < -0.39 is 16.1 Å². The number of aryl methyl sites for hydroxylation is 2. The molecule has 10 nitrogen and oxygen atoms in total. The molecule has 0 aliphatic rings. The van der Waals surface area contributed by atoms with Crippen LogP contribution < -0.4 is 15.2 Å². The summed E-state index contributed by atoms with van der Waals surface area (Å²) in [6.07, 6.45) is 2.15. The summed E-state index contributed by atoms with van der Waals surface area (Å²) in [4.78, 5) is 17.5. The van der Waals surface area contributed by atoms with E-state index in [1.54, 1.807) is 29.1 Å². The van der Waals surface area contributed by atoms with Crippen molar-refractivity contribution in [1.82, 2.24) is 25.3 Å². The largest absolute Gasteiger partial charge is 0.487 e. The minimum absolute atomic E-state index is 0.106. The van der Waals surface area contributed by atoms with Crippen LogP contribution >= 0.6 is 11.3 Å². The van der Waals surface area contributed by atoms with Gasteiger partial charge in [0, 0.05) is 13.0 Å². The second-order valence-electron chi connectivity index (χ2n) is 9.49. The highest BCUT2D eigenvalue weighted by Crippen LogP contribution is 2.28. The number of nitrogens with zero attached hydrogens (tertiary/aromatic N) is 4. The number of hydrogen-bond donors (Lipinski definition) is 2. The predicted molar refractivity (Wildman–Crippen MR) is 152 cm³/mol. The Labute approximate surface area is 235 Å². The van der Waals surface area contributed by atoms with E-state index in [9.17, 15) is 13.2 Å². The van der Waals surface area contributed by atoms with Crippen molar-refractivity contribution in [2.75, 3.05) is 0 Å². The van der Waals surface area contributed by atoms with Crippen LogP contribution in [0, 0.1) is 13.8 Å². The Kier molecular flexibility index (Phi) is 7.92. The Balaban J connectivity index is 1.30. The van der Waals surface area contributed by atoms with Gasteiger partial charge in [0.05, 0.1) is 16.4 Å². The quantitative estimate of drug-likeness (QED) is 0.257. The van der Waals surface area contributed by atoms with E-state index in [1.807, 2.05) is 50.2 Å². The standard InChI is InChI=1S/C28H28N6O4S2/c1-18-8-9-19(2)21(12-18)15-30-27(35)25(13-20-6-4-3-5-7-20)34-16-22(32-33-34)17-38-23-10-11-24-26(14-23)39-28(31-24)40(29,36)37/h3-12,14,16,25H,13,15,17H2,1-2H3,(H,30,35)(H2,29,36,37). The normalized spacial score (nSPS) is 12.4. The van der Waals surface area contributed by atoms with Gasteiger partial charge >= 0.3 is 0 Å². The van der Waals surface area contributed by atoms with Crippen LogP contribution in [0.25, 0.3) is 10.2 Å². The summed E-state index contributed by atoms with van der Waals surface area (Å²) in [6.45, 7) is 4.57. The molecule has 0 saturated heterocycles. The highest BCUT2D eigenvalue weighted by atomic mass is 32.2. The maximum Gasteiger partial charge on any atom is 0.265 e. The summed E-state index contributed by atoms with van der Waals surface area (Å²) in [5.74, 6) is 0.349. The molecular weight excluding hydrogens is 548 g/mol. The van der Waals surface area contributed by atoms with Crippen LogP contribution in [0.3, 0.4) is 0 Å². The van der Waals surface area contributed by atoms with Gasteiger partial charge in [-0.1, -0.05) is 59.3 Å². The van der Waals surface area contributed by atoms with Gasteiger partial charge in [0.25, 0.3) is 10.0 Å². The number of rotatable bonds is 10. The summed E-state index contributed by atoms with van der Waals surface area (Å²) in [6, 6.07) is 20.4. The molecule has 3 N–H and O–H groups in total. The molecule has 0 bridgehead atoms. The van der Waals surface area contributed by atoms with Crippen molar-refractivity contribution in [2.45, 2.75) is 43.8 Å². The van der Waals surface area contributed by atoms with Gasteiger partial charge in [0.2, 0.25) is 10.2 Å². The van der Waals surface area contributed by atoms with E-state index in [1.165, 1.54) is 0 Å². The molecule has 1 amide bonds. The summed E-state index contributed by atoms with van der Waals surface area (Å²) in [5.41, 5.74) is 5.37. The van der Waals surface area contributed by atoms with E-state index in [4.69, 9.17) is 9.88 Å². The summed E-state index contributed by atoms with van der Waals surface area (Å²) in [5, 5.41) is 16.7. The number of primary sulfonamides is 1. The van der Waals surface area contributed by atoms with Crippen LogP contribution in [0.15, 0.2) is 77.3 Å². The second kappa shape index (κ2) is 11.5. The van der Waals surface area contributed by atoms with Crippen LogP contribution in [-0.4, -0.2) is 34.3 Å². The van der Waals surface area contributed by atoms with Crippen molar-refractivity contribution in [3.63, 3.8) is 0 Å². The minimum Gasteiger partial charge on any atom is -0.487 e. The molecule has 2 aromatic heterocycles. The second-order valence-corrected chi connectivity index (χ2v) is 12.3. The lowest BCUT2D eigenvalue weighted by molar-refractivity contribution is -0.124. The lowest BCUT2D eigenvalue weighted by Crippen LogP contribution is -2.34. The van der Waals surface area contributed by atoms with E-state index in [-0.39, 0.29) is 16.9 Å². The van der Waals surface area contributed by atoms with Gasteiger partial charge in [-0.2, -0.15) is 0 Å². The number of hydrogen-bond acceptors (Lipinski definition) is 8. The number of benzene rings is 3. The average Bonchev–Trinajstić information content (AvgIpc) is 3.58. The van der Waals surface area contributed by atoms with Gasteiger partial charge in [0.1, 0.15) is 24.1 Å². The van der Waals surface area contributed by atoms with Crippen LogP contribution in [0.4, 0.5) is 0 Å². The van der Waals surface area contributed by atoms with E-state index in [2.05, 4.69) is 32.7 Å². The predicted octanol–water partition coefficient (Wildman–Crippen LogP) is 3.83. The first-order chi connectivity index (χ1) is 19.2. The lowest BCUT2D eigenvalue weighted by atomic mass is 10.0. The third-order valence-corrected chi connectivity index (χ3v) is 8.72. The molecule has 0 spiro atoms. The molecule has 1 atom stereocenters. The molecule has 1 unspecified atom stereocenters. The SMILES string of the molecule is Cc1ccc(C)c(CNC(=O)C(Cc2ccccc2)n2cc(COc3ccc4nc(S(N)(=O)=O)sc4c3)nn2)c1. The van der Waals surface area contributed by atoms with Crippen molar-refractivity contribution in [3.05, 3.63) is 101 Å². The number of carbonyl (C=O) groups excluding carboxylic acids is 1. The Morgan fingerprint density at radius 3 is 2.67 bits per heavy atom.